The highest BCUT2D eigenvalue weighted by Gasteiger charge is 2.27. The summed E-state index contributed by atoms with van der Waals surface area (Å²) in [5, 5.41) is 19.6. The number of phenolic OH excluding ortho intramolecular Hbond substituents is 1. The molecular formula is C16H16N2O4S. The summed E-state index contributed by atoms with van der Waals surface area (Å²) in [5.41, 5.74) is 0.359. The Morgan fingerprint density at radius 1 is 1.26 bits per heavy atom. The lowest BCUT2D eigenvalue weighted by atomic mass is 10.1. The summed E-state index contributed by atoms with van der Waals surface area (Å²) in [6.07, 6.45) is 4.87. The lowest BCUT2D eigenvalue weighted by Crippen LogP contribution is -2.33. The highest BCUT2D eigenvalue weighted by atomic mass is 32.2. The maximum absolute atomic E-state index is 12.1. The molecule has 1 aromatic carbocycles. The largest absolute Gasteiger partial charge is 0.507 e. The summed E-state index contributed by atoms with van der Waals surface area (Å²) < 4.78 is 0. The third-order valence-corrected chi connectivity index (χ3v) is 4.84. The van der Waals surface area contributed by atoms with Gasteiger partial charge in [-0.1, -0.05) is 0 Å². The number of aromatic hydroxyl groups is 1. The lowest BCUT2D eigenvalue weighted by Gasteiger charge is -2.27. The van der Waals surface area contributed by atoms with E-state index in [1.165, 1.54) is 42.5 Å². The van der Waals surface area contributed by atoms with Gasteiger partial charge in [0.2, 0.25) is 0 Å². The number of carbonyl (C=O) groups excluding carboxylic acids is 1. The molecule has 2 N–H and O–H groups in total. The number of likely N-dealkylation sites (tertiary alicyclic amines) is 1. The van der Waals surface area contributed by atoms with Crippen molar-refractivity contribution in [2.75, 3.05) is 13.1 Å². The van der Waals surface area contributed by atoms with E-state index in [4.69, 9.17) is 5.11 Å². The number of hydrogen-bond donors (Lipinski definition) is 2. The Bertz CT molecular complexity index is 721. The molecule has 6 nitrogen and oxygen atoms in total. The zero-order valence-electron chi connectivity index (χ0n) is 12.4. The van der Waals surface area contributed by atoms with Crippen LogP contribution in [0.5, 0.6) is 5.75 Å². The van der Waals surface area contributed by atoms with Crippen molar-refractivity contribution in [3.63, 3.8) is 0 Å². The second kappa shape index (κ2) is 6.45. The van der Waals surface area contributed by atoms with Gasteiger partial charge in [0.15, 0.2) is 5.17 Å². The maximum atomic E-state index is 12.1. The zero-order chi connectivity index (χ0) is 16.4. The van der Waals surface area contributed by atoms with Crippen molar-refractivity contribution >= 4 is 34.9 Å². The number of amides is 1. The van der Waals surface area contributed by atoms with Gasteiger partial charge in [-0.25, -0.2) is 4.79 Å². The summed E-state index contributed by atoms with van der Waals surface area (Å²) in [4.78, 5) is 29.6. The molecule has 0 bridgehead atoms. The second-order valence-corrected chi connectivity index (χ2v) is 6.45. The van der Waals surface area contributed by atoms with Gasteiger partial charge in [-0.3, -0.25) is 4.79 Å². The van der Waals surface area contributed by atoms with Gasteiger partial charge < -0.3 is 15.1 Å². The number of amidine groups is 1. The topological polar surface area (TPSA) is 90.2 Å². The Balaban J connectivity index is 1.83. The number of nitrogens with zero attached hydrogens (tertiary/aromatic N) is 2. The van der Waals surface area contributed by atoms with Crippen LogP contribution in [-0.2, 0) is 4.79 Å². The van der Waals surface area contributed by atoms with Gasteiger partial charge in [-0.2, -0.15) is 4.99 Å². The fraction of sp³-hybridized carbons (Fsp3) is 0.312. The van der Waals surface area contributed by atoms with Crippen molar-refractivity contribution in [2.45, 2.75) is 19.3 Å². The molecule has 2 aliphatic rings. The summed E-state index contributed by atoms with van der Waals surface area (Å²) >= 11 is 1.27. The average molecular weight is 332 g/mol. The predicted octanol–water partition coefficient (Wildman–Crippen LogP) is 2.55. The Kier molecular flexibility index (Phi) is 4.38. The van der Waals surface area contributed by atoms with Crippen LogP contribution in [0.2, 0.25) is 0 Å². The molecule has 1 aromatic rings. The van der Waals surface area contributed by atoms with Crippen LogP contribution in [0.4, 0.5) is 0 Å². The van der Waals surface area contributed by atoms with Gasteiger partial charge in [0, 0.05) is 18.7 Å². The second-order valence-electron chi connectivity index (χ2n) is 5.44. The molecule has 1 fully saturated rings. The van der Waals surface area contributed by atoms with E-state index >= 15 is 0 Å². The summed E-state index contributed by atoms with van der Waals surface area (Å²) in [6, 6.07) is 3.97. The number of hydrogen-bond acceptors (Lipinski definition) is 5. The molecule has 1 saturated heterocycles. The van der Waals surface area contributed by atoms with Crippen LogP contribution in [0.1, 0.15) is 35.2 Å². The summed E-state index contributed by atoms with van der Waals surface area (Å²) in [5.74, 6) is -1.50. The van der Waals surface area contributed by atoms with Crippen molar-refractivity contribution in [3.8, 4) is 5.75 Å². The van der Waals surface area contributed by atoms with E-state index in [1.807, 2.05) is 0 Å². The van der Waals surface area contributed by atoms with Gasteiger partial charge >= 0.3 is 5.97 Å². The fourth-order valence-corrected chi connectivity index (χ4v) is 3.52. The first-order valence-corrected chi connectivity index (χ1v) is 8.20. The van der Waals surface area contributed by atoms with Gasteiger partial charge in [0.25, 0.3) is 5.91 Å². The zero-order valence-corrected chi connectivity index (χ0v) is 13.2. The normalized spacial score (nSPS) is 20.0. The smallest absolute Gasteiger partial charge is 0.335 e. The van der Waals surface area contributed by atoms with Crippen LogP contribution in [0.25, 0.3) is 6.08 Å². The number of carbonyl (C=O) groups is 2. The van der Waals surface area contributed by atoms with E-state index < -0.39 is 5.97 Å². The van der Waals surface area contributed by atoms with E-state index in [2.05, 4.69) is 9.89 Å². The number of benzene rings is 1. The number of piperidine rings is 1. The highest BCUT2D eigenvalue weighted by molar-refractivity contribution is 8.18. The van der Waals surface area contributed by atoms with E-state index in [1.54, 1.807) is 0 Å². The molecule has 0 unspecified atom stereocenters. The first-order chi connectivity index (χ1) is 11.0. The Hall–Kier alpha value is -2.28. The standard InChI is InChI=1S/C16H16N2O4S/c19-12-5-4-10(15(21)22)8-11(12)9-13-14(20)17-16(23-13)18-6-2-1-3-7-18/h4-5,8-9,19H,1-3,6-7H2,(H,21,22)/b13-9-. The molecule has 0 spiro atoms. The van der Waals surface area contributed by atoms with Crippen LogP contribution in [-0.4, -0.2) is 45.2 Å². The molecule has 0 atom stereocenters. The molecule has 120 valence electrons. The number of rotatable bonds is 2. The van der Waals surface area contributed by atoms with E-state index in [9.17, 15) is 14.7 Å². The fourth-order valence-electron chi connectivity index (χ4n) is 2.56. The number of carboxylic acids is 1. The predicted molar refractivity (Wildman–Crippen MR) is 88.5 cm³/mol. The average Bonchev–Trinajstić information content (AvgIpc) is 2.91. The SMILES string of the molecule is O=C1N=C(N2CCCCC2)S/C1=C\c1cc(C(=O)O)ccc1O. The first kappa shape index (κ1) is 15.6. The van der Waals surface area contributed by atoms with Crippen LogP contribution < -0.4 is 0 Å². The quantitative estimate of drug-likeness (QED) is 0.809. The number of carboxylic acid groups (broad SMARTS) is 1. The number of phenols is 1. The Labute approximate surface area is 137 Å². The summed E-state index contributed by atoms with van der Waals surface area (Å²) in [6.45, 7) is 1.79. The van der Waals surface area contributed by atoms with Crippen LogP contribution >= 0.6 is 11.8 Å². The van der Waals surface area contributed by atoms with Crippen molar-refractivity contribution in [1.82, 2.24) is 4.90 Å². The van der Waals surface area contributed by atoms with Crippen LogP contribution in [0, 0.1) is 0 Å². The minimum atomic E-state index is -1.08. The third-order valence-electron chi connectivity index (χ3n) is 3.80. The molecule has 0 aromatic heterocycles. The molecular weight excluding hydrogens is 316 g/mol. The number of aromatic carboxylic acids is 1. The van der Waals surface area contributed by atoms with Gasteiger partial charge in [0.1, 0.15) is 5.75 Å². The molecule has 0 aliphatic carbocycles. The van der Waals surface area contributed by atoms with Crippen molar-refractivity contribution in [3.05, 3.63) is 34.2 Å². The van der Waals surface area contributed by atoms with Crippen molar-refractivity contribution in [1.29, 1.82) is 0 Å². The maximum Gasteiger partial charge on any atom is 0.335 e. The molecule has 0 saturated carbocycles. The van der Waals surface area contributed by atoms with Gasteiger partial charge in [-0.15, -0.1) is 0 Å². The van der Waals surface area contributed by atoms with Gasteiger partial charge in [0.05, 0.1) is 10.5 Å². The highest BCUT2D eigenvalue weighted by Crippen LogP contribution is 2.33. The lowest BCUT2D eigenvalue weighted by molar-refractivity contribution is -0.113. The van der Waals surface area contributed by atoms with Crippen LogP contribution in [0.3, 0.4) is 0 Å². The van der Waals surface area contributed by atoms with Gasteiger partial charge in [-0.05, 0) is 55.3 Å². The molecule has 2 heterocycles. The molecule has 1 amide bonds. The van der Waals surface area contributed by atoms with E-state index in [-0.39, 0.29) is 17.2 Å². The summed E-state index contributed by atoms with van der Waals surface area (Å²) in [7, 11) is 0. The van der Waals surface area contributed by atoms with E-state index in [0.717, 1.165) is 25.9 Å². The molecule has 23 heavy (non-hydrogen) atoms. The molecule has 3 rings (SSSR count). The van der Waals surface area contributed by atoms with Crippen LogP contribution in [0.15, 0.2) is 28.1 Å². The number of aliphatic imine (C=N–C) groups is 1. The molecule has 0 radical (unpaired) electrons. The first-order valence-electron chi connectivity index (χ1n) is 7.38. The van der Waals surface area contributed by atoms with Crippen molar-refractivity contribution in [2.24, 2.45) is 4.99 Å². The minimum absolute atomic E-state index is 0.0577. The monoisotopic (exact) mass is 332 g/mol. The molecule has 2 aliphatic heterocycles. The Morgan fingerprint density at radius 3 is 2.70 bits per heavy atom. The third kappa shape index (κ3) is 3.39. The van der Waals surface area contributed by atoms with Crippen molar-refractivity contribution < 1.29 is 19.8 Å². The Morgan fingerprint density at radius 2 is 2.00 bits per heavy atom. The van der Waals surface area contributed by atoms with E-state index in [0.29, 0.717) is 15.6 Å². The number of thioether (sulfide) groups is 1. The molecule has 7 heteroatoms. The minimum Gasteiger partial charge on any atom is -0.507 e.